The van der Waals surface area contributed by atoms with Gasteiger partial charge in [0.05, 0.1) is 11.0 Å². The average molecular weight is 295 g/mol. The number of carbonyl (C=O) groups excluding carboxylic acids is 1. The minimum atomic E-state index is -0.475. The smallest absolute Gasteiger partial charge is 0.315 e. The van der Waals surface area contributed by atoms with Crippen molar-refractivity contribution in [1.29, 1.82) is 0 Å². The Morgan fingerprint density at radius 3 is 2.71 bits per heavy atom. The van der Waals surface area contributed by atoms with Gasteiger partial charge in [-0.05, 0) is 17.9 Å². The van der Waals surface area contributed by atoms with Crippen LogP contribution in [0.2, 0.25) is 0 Å². The Balaban J connectivity index is 2.33. The van der Waals surface area contributed by atoms with Crippen molar-refractivity contribution in [2.24, 2.45) is 5.92 Å². The van der Waals surface area contributed by atoms with Crippen LogP contribution < -0.4 is 10.6 Å². The summed E-state index contributed by atoms with van der Waals surface area (Å²) in [5.74, 6) is 0.153. The maximum absolute atomic E-state index is 11.5. The van der Waals surface area contributed by atoms with E-state index in [-0.39, 0.29) is 24.2 Å². The summed E-state index contributed by atoms with van der Waals surface area (Å²) in [4.78, 5) is 21.7. The molecule has 0 aliphatic rings. The van der Waals surface area contributed by atoms with Crippen molar-refractivity contribution < 1.29 is 14.8 Å². The second-order valence-corrected chi connectivity index (χ2v) is 5.14. The Bertz CT molecular complexity index is 491. The lowest BCUT2D eigenvalue weighted by molar-refractivity contribution is -0.384. The van der Waals surface area contributed by atoms with E-state index in [1.165, 1.54) is 12.1 Å². The number of hydrogen-bond donors (Lipinski definition) is 3. The molecule has 0 heterocycles. The monoisotopic (exact) mass is 295 g/mol. The molecule has 7 nitrogen and oxygen atoms in total. The Labute approximate surface area is 123 Å². The fourth-order valence-corrected chi connectivity index (χ4v) is 1.69. The van der Waals surface area contributed by atoms with Crippen LogP contribution >= 0.6 is 0 Å². The van der Waals surface area contributed by atoms with Crippen LogP contribution in [0.1, 0.15) is 25.8 Å². The SMILES string of the molecule is CC(C)C(O)CCNC(=O)NCc1cccc([N+](=O)[O-])c1. The third-order valence-electron chi connectivity index (χ3n) is 3.07. The first-order chi connectivity index (χ1) is 9.90. The predicted molar refractivity (Wildman–Crippen MR) is 78.8 cm³/mol. The van der Waals surface area contributed by atoms with Gasteiger partial charge in [0, 0.05) is 25.2 Å². The minimum Gasteiger partial charge on any atom is -0.393 e. The van der Waals surface area contributed by atoms with E-state index in [4.69, 9.17) is 0 Å². The molecule has 1 aromatic carbocycles. The number of nitrogens with zero attached hydrogens (tertiary/aromatic N) is 1. The lowest BCUT2D eigenvalue weighted by Gasteiger charge is -2.14. The summed E-state index contributed by atoms with van der Waals surface area (Å²) in [6.45, 7) is 4.40. The van der Waals surface area contributed by atoms with Gasteiger partial charge in [-0.15, -0.1) is 0 Å². The van der Waals surface area contributed by atoms with Crippen LogP contribution in [0.25, 0.3) is 0 Å². The molecule has 7 heteroatoms. The van der Waals surface area contributed by atoms with Crippen molar-refractivity contribution in [1.82, 2.24) is 10.6 Å². The molecule has 0 saturated heterocycles. The number of aliphatic hydroxyl groups excluding tert-OH is 1. The molecule has 0 radical (unpaired) electrons. The fraction of sp³-hybridized carbons (Fsp3) is 0.500. The standard InChI is InChI=1S/C14H21N3O4/c1-10(2)13(18)6-7-15-14(19)16-9-11-4-3-5-12(8-11)17(20)21/h3-5,8,10,13,18H,6-7,9H2,1-2H3,(H2,15,16,19). The van der Waals surface area contributed by atoms with Gasteiger partial charge >= 0.3 is 6.03 Å². The lowest BCUT2D eigenvalue weighted by Crippen LogP contribution is -2.37. The minimum absolute atomic E-state index is 0.00485. The summed E-state index contributed by atoms with van der Waals surface area (Å²) < 4.78 is 0. The molecular weight excluding hydrogens is 274 g/mol. The molecule has 0 fully saturated rings. The van der Waals surface area contributed by atoms with Gasteiger partial charge in [0.25, 0.3) is 5.69 Å². The van der Waals surface area contributed by atoms with Gasteiger partial charge in [0.15, 0.2) is 0 Å². The number of urea groups is 1. The first-order valence-electron chi connectivity index (χ1n) is 6.83. The van der Waals surface area contributed by atoms with Crippen molar-refractivity contribution in [2.45, 2.75) is 32.9 Å². The quantitative estimate of drug-likeness (QED) is 0.527. The highest BCUT2D eigenvalue weighted by Gasteiger charge is 2.10. The zero-order valence-electron chi connectivity index (χ0n) is 12.2. The molecule has 1 rings (SSSR count). The fourth-order valence-electron chi connectivity index (χ4n) is 1.69. The molecule has 0 aromatic heterocycles. The maximum Gasteiger partial charge on any atom is 0.315 e. The number of nitro benzene ring substituents is 1. The Kier molecular flexibility index (Phi) is 6.61. The molecule has 3 N–H and O–H groups in total. The van der Waals surface area contributed by atoms with Crippen LogP contribution in [-0.4, -0.2) is 28.7 Å². The Hall–Kier alpha value is -2.15. The van der Waals surface area contributed by atoms with E-state index >= 15 is 0 Å². The summed E-state index contributed by atoms with van der Waals surface area (Å²) in [5, 5.41) is 25.5. The van der Waals surface area contributed by atoms with Gasteiger partial charge in [0.1, 0.15) is 0 Å². The second kappa shape index (κ2) is 8.21. The van der Waals surface area contributed by atoms with E-state index < -0.39 is 11.0 Å². The molecule has 2 amide bonds. The number of rotatable bonds is 7. The summed E-state index contributed by atoms with van der Waals surface area (Å²) in [5.41, 5.74) is 0.649. The summed E-state index contributed by atoms with van der Waals surface area (Å²) >= 11 is 0. The number of nitro groups is 1. The molecule has 0 saturated carbocycles. The first kappa shape index (κ1) is 16.9. The van der Waals surface area contributed by atoms with Crippen LogP contribution in [0.4, 0.5) is 10.5 Å². The lowest BCUT2D eigenvalue weighted by atomic mass is 10.0. The van der Waals surface area contributed by atoms with Gasteiger partial charge in [0.2, 0.25) is 0 Å². The second-order valence-electron chi connectivity index (χ2n) is 5.14. The van der Waals surface area contributed by atoms with Crippen molar-refractivity contribution >= 4 is 11.7 Å². The predicted octanol–water partition coefficient (Wildman–Crippen LogP) is 1.80. The molecule has 1 unspecified atom stereocenters. The highest BCUT2D eigenvalue weighted by molar-refractivity contribution is 5.73. The number of amides is 2. The van der Waals surface area contributed by atoms with Gasteiger partial charge in [-0.25, -0.2) is 4.79 Å². The van der Waals surface area contributed by atoms with E-state index in [2.05, 4.69) is 10.6 Å². The molecule has 0 aliphatic carbocycles. The normalized spacial score (nSPS) is 12.0. The van der Waals surface area contributed by atoms with E-state index in [0.29, 0.717) is 18.5 Å². The highest BCUT2D eigenvalue weighted by Crippen LogP contribution is 2.12. The molecule has 1 aromatic rings. The van der Waals surface area contributed by atoms with Crippen molar-refractivity contribution in [3.8, 4) is 0 Å². The van der Waals surface area contributed by atoms with Gasteiger partial charge < -0.3 is 15.7 Å². The van der Waals surface area contributed by atoms with Gasteiger partial charge in [-0.1, -0.05) is 26.0 Å². The zero-order valence-corrected chi connectivity index (χ0v) is 12.2. The van der Waals surface area contributed by atoms with Crippen molar-refractivity contribution in [3.63, 3.8) is 0 Å². The van der Waals surface area contributed by atoms with Gasteiger partial charge in [-0.2, -0.15) is 0 Å². The highest BCUT2D eigenvalue weighted by atomic mass is 16.6. The van der Waals surface area contributed by atoms with E-state index in [1.54, 1.807) is 12.1 Å². The number of hydrogen-bond acceptors (Lipinski definition) is 4. The Morgan fingerprint density at radius 2 is 2.10 bits per heavy atom. The molecule has 116 valence electrons. The van der Waals surface area contributed by atoms with Crippen LogP contribution in [0.15, 0.2) is 24.3 Å². The molecule has 0 aliphatic heterocycles. The molecular formula is C14H21N3O4. The van der Waals surface area contributed by atoms with Crippen molar-refractivity contribution in [3.05, 3.63) is 39.9 Å². The average Bonchev–Trinajstić information content (AvgIpc) is 2.45. The molecule has 0 spiro atoms. The van der Waals surface area contributed by atoms with E-state index in [1.807, 2.05) is 13.8 Å². The van der Waals surface area contributed by atoms with Crippen LogP contribution in [-0.2, 0) is 6.54 Å². The van der Waals surface area contributed by atoms with Crippen LogP contribution in [0.3, 0.4) is 0 Å². The summed E-state index contributed by atoms with van der Waals surface area (Å²) in [7, 11) is 0. The van der Waals surface area contributed by atoms with E-state index in [9.17, 15) is 20.0 Å². The summed E-state index contributed by atoms with van der Waals surface area (Å²) in [6, 6.07) is 5.74. The zero-order chi connectivity index (χ0) is 15.8. The molecule has 1 atom stereocenters. The number of aliphatic hydroxyl groups is 1. The third-order valence-corrected chi connectivity index (χ3v) is 3.07. The van der Waals surface area contributed by atoms with Crippen LogP contribution in [0, 0.1) is 16.0 Å². The molecule has 21 heavy (non-hydrogen) atoms. The largest absolute Gasteiger partial charge is 0.393 e. The molecule has 0 bridgehead atoms. The summed E-state index contributed by atoms with van der Waals surface area (Å²) in [6.07, 6.45) is 0.0455. The van der Waals surface area contributed by atoms with Gasteiger partial charge in [-0.3, -0.25) is 10.1 Å². The number of benzene rings is 1. The third kappa shape index (κ3) is 6.22. The number of carbonyl (C=O) groups is 1. The maximum atomic E-state index is 11.5. The topological polar surface area (TPSA) is 104 Å². The van der Waals surface area contributed by atoms with Crippen LogP contribution in [0.5, 0.6) is 0 Å². The van der Waals surface area contributed by atoms with Crippen molar-refractivity contribution in [2.75, 3.05) is 6.54 Å². The van der Waals surface area contributed by atoms with E-state index in [0.717, 1.165) is 0 Å². The number of nitrogens with one attached hydrogen (secondary N) is 2. The Morgan fingerprint density at radius 1 is 1.38 bits per heavy atom. The number of non-ortho nitro benzene ring substituents is 1. The first-order valence-corrected chi connectivity index (χ1v) is 6.83.